The van der Waals surface area contributed by atoms with E-state index < -0.39 is 16.1 Å². The summed E-state index contributed by atoms with van der Waals surface area (Å²) < 4.78 is 34.1. The van der Waals surface area contributed by atoms with Crippen molar-refractivity contribution in [2.75, 3.05) is 20.0 Å². The van der Waals surface area contributed by atoms with Gasteiger partial charge in [0.15, 0.2) is 0 Å². The number of aromatic nitrogens is 2. The predicted molar refractivity (Wildman–Crippen MR) is 106 cm³/mol. The fourth-order valence-corrected chi connectivity index (χ4v) is 3.62. The lowest BCUT2D eigenvalue weighted by Gasteiger charge is -2.09. The monoisotopic (exact) mass is 402 g/mol. The number of benzene rings is 1. The smallest absolute Gasteiger partial charge is 0.339 e. The molecule has 148 valence electrons. The Morgan fingerprint density at radius 2 is 1.93 bits per heavy atom. The quantitative estimate of drug-likeness (QED) is 0.446. The summed E-state index contributed by atoms with van der Waals surface area (Å²) in [5.74, 6) is -0.419. The van der Waals surface area contributed by atoms with Crippen LogP contribution in [0, 0.1) is 6.92 Å². The number of methoxy groups -OCH3 is 1. The van der Waals surface area contributed by atoms with Crippen molar-refractivity contribution in [3.05, 3.63) is 65.1 Å². The van der Waals surface area contributed by atoms with Gasteiger partial charge in [-0.25, -0.2) is 4.79 Å². The lowest BCUT2D eigenvalue weighted by atomic mass is 10.1. The largest absolute Gasteiger partial charge is 0.465 e. The summed E-state index contributed by atoms with van der Waals surface area (Å²) in [6.07, 6.45) is 3.14. The van der Waals surface area contributed by atoms with Gasteiger partial charge in [-0.2, -0.15) is 8.42 Å². The molecule has 0 atom stereocenters. The number of carbonyl (C=O) groups excluding carboxylic acids is 1. The molecule has 0 spiro atoms. The van der Waals surface area contributed by atoms with Crippen molar-refractivity contribution in [1.29, 1.82) is 0 Å². The van der Waals surface area contributed by atoms with Crippen LogP contribution in [0.25, 0.3) is 10.9 Å². The average molecular weight is 402 g/mol. The maximum Gasteiger partial charge on any atom is 0.339 e. The number of pyridine rings is 1. The Balaban J connectivity index is 1.91. The lowest BCUT2D eigenvalue weighted by Crippen LogP contribution is -2.11. The van der Waals surface area contributed by atoms with Crippen molar-refractivity contribution in [1.82, 2.24) is 9.55 Å². The van der Waals surface area contributed by atoms with E-state index in [-0.39, 0.29) is 6.61 Å². The second kappa shape index (κ2) is 8.12. The van der Waals surface area contributed by atoms with Crippen molar-refractivity contribution in [3.8, 4) is 0 Å². The molecule has 3 aromatic rings. The highest BCUT2D eigenvalue weighted by Gasteiger charge is 2.15. The zero-order valence-electron chi connectivity index (χ0n) is 16.0. The molecule has 2 aromatic heterocycles. The van der Waals surface area contributed by atoms with Crippen LogP contribution in [0.5, 0.6) is 0 Å². The Morgan fingerprint density at radius 1 is 1.18 bits per heavy atom. The molecular formula is C20H22N2O5S. The molecule has 8 heteroatoms. The maximum absolute atomic E-state index is 11.6. The third-order valence-corrected chi connectivity index (χ3v) is 5.17. The van der Waals surface area contributed by atoms with E-state index in [9.17, 15) is 13.2 Å². The third kappa shape index (κ3) is 4.40. The van der Waals surface area contributed by atoms with Crippen LogP contribution in [0.4, 0.5) is 0 Å². The van der Waals surface area contributed by atoms with E-state index in [2.05, 4.69) is 9.55 Å². The normalized spacial score (nSPS) is 11.7. The van der Waals surface area contributed by atoms with Crippen LogP contribution in [-0.4, -0.2) is 43.9 Å². The van der Waals surface area contributed by atoms with Gasteiger partial charge in [-0.15, -0.1) is 0 Å². The second-order valence-corrected chi connectivity index (χ2v) is 8.11. The molecule has 28 heavy (non-hydrogen) atoms. The SMILES string of the molecule is COC(=O)c1ccc(Cc2c(C)n(CCOS(C)(=O)=O)c3ccccc23)nc1. The Bertz CT molecular complexity index is 1100. The zero-order chi connectivity index (χ0) is 20.3. The molecule has 0 amide bonds. The van der Waals surface area contributed by atoms with Crippen LogP contribution < -0.4 is 0 Å². The van der Waals surface area contributed by atoms with Gasteiger partial charge in [-0.05, 0) is 30.7 Å². The first-order chi connectivity index (χ1) is 13.3. The number of rotatable bonds is 7. The van der Waals surface area contributed by atoms with Crippen LogP contribution in [0.3, 0.4) is 0 Å². The first kappa shape index (κ1) is 20.0. The minimum absolute atomic E-state index is 0.0733. The molecule has 0 bridgehead atoms. The van der Waals surface area contributed by atoms with Gasteiger partial charge in [0.25, 0.3) is 10.1 Å². The van der Waals surface area contributed by atoms with Gasteiger partial charge < -0.3 is 9.30 Å². The van der Waals surface area contributed by atoms with Gasteiger partial charge in [-0.3, -0.25) is 9.17 Å². The molecule has 1 aromatic carbocycles. The highest BCUT2D eigenvalue weighted by Crippen LogP contribution is 2.27. The van der Waals surface area contributed by atoms with E-state index in [1.165, 1.54) is 13.3 Å². The highest BCUT2D eigenvalue weighted by molar-refractivity contribution is 7.85. The fourth-order valence-electron chi connectivity index (χ4n) is 3.24. The van der Waals surface area contributed by atoms with Crippen LogP contribution in [0.15, 0.2) is 42.6 Å². The summed E-state index contributed by atoms with van der Waals surface area (Å²) in [4.78, 5) is 15.9. The van der Waals surface area contributed by atoms with Gasteiger partial charge in [0, 0.05) is 41.5 Å². The fraction of sp³-hybridized carbons (Fsp3) is 0.300. The predicted octanol–water partition coefficient (Wildman–Crippen LogP) is 2.70. The number of hydrogen-bond acceptors (Lipinski definition) is 6. The topological polar surface area (TPSA) is 87.5 Å². The summed E-state index contributed by atoms with van der Waals surface area (Å²) in [6.45, 7) is 2.50. The second-order valence-electron chi connectivity index (χ2n) is 6.47. The molecule has 0 fully saturated rings. The van der Waals surface area contributed by atoms with E-state index in [1.54, 1.807) is 6.07 Å². The standard InChI is InChI=1S/C20H22N2O5S/c1-14-18(12-16-9-8-15(13-21-16)20(23)26-2)17-6-4-5-7-19(17)22(14)10-11-27-28(3,24)25/h4-9,13H,10-12H2,1-3H3. The molecule has 0 aliphatic rings. The van der Waals surface area contributed by atoms with Crippen molar-refractivity contribution < 1.29 is 22.1 Å². The Morgan fingerprint density at radius 3 is 2.57 bits per heavy atom. The Kier molecular flexibility index (Phi) is 5.81. The molecule has 0 saturated heterocycles. The van der Waals surface area contributed by atoms with E-state index >= 15 is 0 Å². The van der Waals surface area contributed by atoms with Crippen LogP contribution in [0.1, 0.15) is 27.3 Å². The average Bonchev–Trinajstić information content (AvgIpc) is 2.93. The first-order valence-corrected chi connectivity index (χ1v) is 10.6. The molecule has 0 radical (unpaired) electrons. The van der Waals surface area contributed by atoms with Gasteiger partial charge in [0.2, 0.25) is 0 Å². The number of fused-ring (bicyclic) bond motifs is 1. The molecule has 0 unspecified atom stereocenters. The molecule has 3 rings (SSSR count). The van der Waals surface area contributed by atoms with Crippen molar-refractivity contribution in [2.45, 2.75) is 19.9 Å². The van der Waals surface area contributed by atoms with Crippen molar-refractivity contribution in [2.24, 2.45) is 0 Å². The lowest BCUT2D eigenvalue weighted by molar-refractivity contribution is 0.0600. The molecule has 0 aliphatic carbocycles. The van der Waals surface area contributed by atoms with Gasteiger partial charge in [0.05, 0.1) is 25.5 Å². The molecule has 0 N–H and O–H groups in total. The number of nitrogens with zero attached hydrogens (tertiary/aromatic N) is 2. The Labute approximate surface area is 164 Å². The van der Waals surface area contributed by atoms with Gasteiger partial charge >= 0.3 is 5.97 Å². The number of hydrogen-bond donors (Lipinski definition) is 0. The van der Waals surface area contributed by atoms with Crippen LogP contribution in [0.2, 0.25) is 0 Å². The first-order valence-electron chi connectivity index (χ1n) is 8.74. The van der Waals surface area contributed by atoms with Crippen LogP contribution >= 0.6 is 0 Å². The van der Waals surface area contributed by atoms with Gasteiger partial charge in [0.1, 0.15) is 0 Å². The summed E-state index contributed by atoms with van der Waals surface area (Å²) in [7, 11) is -2.14. The minimum Gasteiger partial charge on any atom is -0.465 e. The van der Waals surface area contributed by atoms with E-state index in [0.29, 0.717) is 18.5 Å². The van der Waals surface area contributed by atoms with Gasteiger partial charge in [-0.1, -0.05) is 18.2 Å². The molecular weight excluding hydrogens is 380 g/mol. The molecule has 0 aliphatic heterocycles. The van der Waals surface area contributed by atoms with E-state index in [1.807, 2.05) is 37.3 Å². The molecule has 2 heterocycles. The zero-order valence-corrected chi connectivity index (χ0v) is 16.8. The Hall–Kier alpha value is -2.71. The van der Waals surface area contributed by atoms with E-state index in [0.717, 1.165) is 34.1 Å². The maximum atomic E-state index is 11.6. The summed E-state index contributed by atoms with van der Waals surface area (Å²) in [5.41, 5.74) is 4.37. The van der Waals surface area contributed by atoms with Crippen LogP contribution in [-0.2, 0) is 32.0 Å². The molecule has 7 nitrogen and oxygen atoms in total. The molecule has 0 saturated carbocycles. The number of para-hydroxylation sites is 1. The summed E-state index contributed by atoms with van der Waals surface area (Å²) in [6, 6.07) is 11.5. The van der Waals surface area contributed by atoms with E-state index in [4.69, 9.17) is 8.92 Å². The minimum atomic E-state index is -3.48. The third-order valence-electron chi connectivity index (χ3n) is 4.58. The number of ether oxygens (including phenoxy) is 1. The summed E-state index contributed by atoms with van der Waals surface area (Å²) in [5, 5.41) is 1.08. The highest BCUT2D eigenvalue weighted by atomic mass is 32.2. The summed E-state index contributed by atoms with van der Waals surface area (Å²) >= 11 is 0. The number of carbonyl (C=O) groups is 1. The van der Waals surface area contributed by atoms with Crippen molar-refractivity contribution in [3.63, 3.8) is 0 Å². The number of esters is 1. The van der Waals surface area contributed by atoms with Crippen molar-refractivity contribution >= 4 is 27.0 Å².